The molecule has 2 aliphatic rings. The van der Waals surface area contributed by atoms with Crippen LogP contribution in [0, 0.1) is 0 Å². The second kappa shape index (κ2) is 6.53. The van der Waals surface area contributed by atoms with Gasteiger partial charge >= 0.3 is 0 Å². The molecule has 0 aromatic heterocycles. The van der Waals surface area contributed by atoms with Crippen LogP contribution in [0.1, 0.15) is 57.8 Å². The molecule has 2 fully saturated rings. The first-order valence-corrected chi connectivity index (χ1v) is 7.40. The fourth-order valence-corrected chi connectivity index (χ4v) is 2.61. The summed E-state index contributed by atoms with van der Waals surface area (Å²) in [6, 6.07) is 0.448. The maximum Gasteiger partial charge on any atom is 0.221 e. The molecule has 0 unspecified atom stereocenters. The lowest BCUT2D eigenvalue weighted by Gasteiger charge is -2.26. The molecule has 4 heteroatoms. The summed E-state index contributed by atoms with van der Waals surface area (Å²) in [6.45, 7) is 1.30. The first-order valence-electron chi connectivity index (χ1n) is 7.40. The van der Waals surface area contributed by atoms with Gasteiger partial charge in [-0.3, -0.25) is 4.79 Å². The van der Waals surface area contributed by atoms with E-state index in [9.17, 15) is 9.90 Å². The highest BCUT2D eigenvalue weighted by Gasteiger charge is 2.27. The molecule has 3 N–H and O–H groups in total. The monoisotopic (exact) mass is 254 g/mol. The van der Waals surface area contributed by atoms with Gasteiger partial charge in [-0.05, 0) is 25.7 Å². The molecular formula is C14H26N2O2. The van der Waals surface area contributed by atoms with Gasteiger partial charge in [0.15, 0.2) is 0 Å². The third-order valence-corrected chi connectivity index (χ3v) is 3.96. The molecule has 18 heavy (non-hydrogen) atoms. The Kier molecular flexibility index (Phi) is 5.01. The van der Waals surface area contributed by atoms with Gasteiger partial charge in [-0.2, -0.15) is 0 Å². The SMILES string of the molecule is O=C(CCNCC1(O)CCCCCC1)NC1CC1. The number of aliphatic hydroxyl groups is 1. The van der Waals surface area contributed by atoms with Gasteiger partial charge in [0, 0.05) is 25.6 Å². The minimum absolute atomic E-state index is 0.137. The highest BCUT2D eigenvalue weighted by molar-refractivity contribution is 5.76. The molecule has 2 rings (SSSR count). The lowest BCUT2D eigenvalue weighted by molar-refractivity contribution is -0.121. The zero-order valence-corrected chi connectivity index (χ0v) is 11.2. The molecule has 2 aliphatic carbocycles. The van der Waals surface area contributed by atoms with E-state index >= 15 is 0 Å². The van der Waals surface area contributed by atoms with E-state index in [-0.39, 0.29) is 5.91 Å². The van der Waals surface area contributed by atoms with E-state index in [4.69, 9.17) is 0 Å². The summed E-state index contributed by atoms with van der Waals surface area (Å²) in [7, 11) is 0. The number of rotatable bonds is 6. The highest BCUT2D eigenvalue weighted by Crippen LogP contribution is 2.26. The van der Waals surface area contributed by atoms with Crippen molar-refractivity contribution in [3.63, 3.8) is 0 Å². The third-order valence-electron chi connectivity index (χ3n) is 3.96. The normalized spacial score (nSPS) is 23.4. The van der Waals surface area contributed by atoms with Crippen LogP contribution in [0.5, 0.6) is 0 Å². The van der Waals surface area contributed by atoms with Crippen LogP contribution in [0.15, 0.2) is 0 Å². The lowest BCUT2D eigenvalue weighted by Crippen LogP contribution is -2.41. The summed E-state index contributed by atoms with van der Waals surface area (Å²) in [4.78, 5) is 11.5. The van der Waals surface area contributed by atoms with Crippen LogP contribution < -0.4 is 10.6 Å². The van der Waals surface area contributed by atoms with Crippen molar-refractivity contribution in [1.29, 1.82) is 0 Å². The van der Waals surface area contributed by atoms with Crippen molar-refractivity contribution in [2.24, 2.45) is 0 Å². The van der Waals surface area contributed by atoms with Crippen molar-refractivity contribution in [2.75, 3.05) is 13.1 Å². The minimum Gasteiger partial charge on any atom is -0.389 e. The van der Waals surface area contributed by atoms with E-state index in [1.807, 2.05) is 0 Å². The molecule has 1 amide bonds. The zero-order valence-electron chi connectivity index (χ0n) is 11.2. The molecule has 0 bridgehead atoms. The maximum atomic E-state index is 11.5. The first kappa shape index (κ1) is 13.8. The van der Waals surface area contributed by atoms with Crippen molar-refractivity contribution in [2.45, 2.75) is 69.4 Å². The Labute approximate surface area is 110 Å². The maximum absolute atomic E-state index is 11.5. The van der Waals surface area contributed by atoms with E-state index in [0.717, 1.165) is 38.5 Å². The van der Waals surface area contributed by atoms with Gasteiger partial charge in [0.05, 0.1) is 5.60 Å². The van der Waals surface area contributed by atoms with E-state index < -0.39 is 5.60 Å². The zero-order chi connectivity index (χ0) is 12.8. The summed E-state index contributed by atoms with van der Waals surface area (Å²) in [5, 5.41) is 16.6. The number of hydrogen-bond donors (Lipinski definition) is 3. The summed E-state index contributed by atoms with van der Waals surface area (Å²) in [6.07, 6.45) is 9.33. The Hall–Kier alpha value is -0.610. The lowest BCUT2D eigenvalue weighted by atomic mass is 9.94. The molecular weight excluding hydrogens is 228 g/mol. The number of carbonyl (C=O) groups is 1. The Morgan fingerprint density at radius 2 is 1.83 bits per heavy atom. The summed E-state index contributed by atoms with van der Waals surface area (Å²) in [5.41, 5.74) is -0.538. The Morgan fingerprint density at radius 3 is 2.44 bits per heavy atom. The van der Waals surface area contributed by atoms with Crippen molar-refractivity contribution < 1.29 is 9.90 Å². The Morgan fingerprint density at radius 1 is 1.17 bits per heavy atom. The van der Waals surface area contributed by atoms with Crippen molar-refractivity contribution in [3.8, 4) is 0 Å². The first-order chi connectivity index (χ1) is 8.68. The molecule has 0 aliphatic heterocycles. The summed E-state index contributed by atoms with van der Waals surface area (Å²) in [5.74, 6) is 0.137. The largest absolute Gasteiger partial charge is 0.389 e. The fraction of sp³-hybridized carbons (Fsp3) is 0.929. The second-order valence-corrected chi connectivity index (χ2v) is 5.91. The topological polar surface area (TPSA) is 61.4 Å². The van der Waals surface area contributed by atoms with E-state index in [1.165, 1.54) is 12.8 Å². The highest BCUT2D eigenvalue weighted by atomic mass is 16.3. The van der Waals surface area contributed by atoms with Gasteiger partial charge in [0.1, 0.15) is 0 Å². The Balaban J connectivity index is 1.56. The number of carbonyl (C=O) groups excluding carboxylic acids is 1. The molecule has 2 saturated carbocycles. The van der Waals surface area contributed by atoms with Crippen LogP contribution in [0.25, 0.3) is 0 Å². The molecule has 0 aromatic rings. The quantitative estimate of drug-likeness (QED) is 0.495. The van der Waals surface area contributed by atoms with E-state index in [1.54, 1.807) is 0 Å². The van der Waals surface area contributed by atoms with Gasteiger partial charge in [-0.1, -0.05) is 25.7 Å². The van der Waals surface area contributed by atoms with Crippen LogP contribution in [0.3, 0.4) is 0 Å². The van der Waals surface area contributed by atoms with Crippen LogP contribution in [0.4, 0.5) is 0 Å². The van der Waals surface area contributed by atoms with Crippen molar-refractivity contribution >= 4 is 5.91 Å². The van der Waals surface area contributed by atoms with Crippen LogP contribution in [-0.4, -0.2) is 35.7 Å². The summed E-state index contributed by atoms with van der Waals surface area (Å²) >= 11 is 0. The van der Waals surface area contributed by atoms with Crippen molar-refractivity contribution in [1.82, 2.24) is 10.6 Å². The second-order valence-electron chi connectivity index (χ2n) is 5.91. The number of nitrogens with one attached hydrogen (secondary N) is 2. The molecule has 0 atom stereocenters. The van der Waals surface area contributed by atoms with Gasteiger partial charge in [0.25, 0.3) is 0 Å². The number of hydrogen-bond acceptors (Lipinski definition) is 3. The van der Waals surface area contributed by atoms with Crippen LogP contribution in [0.2, 0.25) is 0 Å². The van der Waals surface area contributed by atoms with Gasteiger partial charge in [-0.15, -0.1) is 0 Å². The van der Waals surface area contributed by atoms with Crippen LogP contribution >= 0.6 is 0 Å². The van der Waals surface area contributed by atoms with E-state index in [0.29, 0.717) is 25.6 Å². The molecule has 0 aromatic carbocycles. The third kappa shape index (κ3) is 4.94. The van der Waals surface area contributed by atoms with Gasteiger partial charge < -0.3 is 15.7 Å². The Bertz CT molecular complexity index is 269. The fourth-order valence-electron chi connectivity index (χ4n) is 2.61. The predicted molar refractivity (Wildman–Crippen MR) is 71.3 cm³/mol. The van der Waals surface area contributed by atoms with Gasteiger partial charge in [-0.25, -0.2) is 0 Å². The average molecular weight is 254 g/mol. The van der Waals surface area contributed by atoms with Crippen LogP contribution in [-0.2, 0) is 4.79 Å². The average Bonchev–Trinajstić information content (AvgIpc) is 3.14. The van der Waals surface area contributed by atoms with Crippen molar-refractivity contribution in [3.05, 3.63) is 0 Å². The smallest absolute Gasteiger partial charge is 0.221 e. The molecule has 104 valence electrons. The van der Waals surface area contributed by atoms with E-state index in [2.05, 4.69) is 10.6 Å². The molecule has 0 spiro atoms. The number of amides is 1. The summed E-state index contributed by atoms with van der Waals surface area (Å²) < 4.78 is 0. The predicted octanol–water partition coefficient (Wildman–Crippen LogP) is 1.33. The van der Waals surface area contributed by atoms with Gasteiger partial charge in [0.2, 0.25) is 5.91 Å². The molecule has 0 radical (unpaired) electrons. The molecule has 0 saturated heterocycles. The molecule has 4 nitrogen and oxygen atoms in total. The molecule has 0 heterocycles. The standard InChI is InChI=1S/C14H26N2O2/c17-13(16-12-5-6-12)7-10-15-11-14(18)8-3-1-2-4-9-14/h12,15,18H,1-11H2,(H,16,17). The minimum atomic E-state index is -0.538.